The highest BCUT2D eigenvalue weighted by atomic mass is 35.5. The average Bonchev–Trinajstić information content (AvgIpc) is 2.16. The van der Waals surface area contributed by atoms with Gasteiger partial charge >= 0.3 is 5.97 Å². The van der Waals surface area contributed by atoms with Crippen LogP contribution in [0.15, 0.2) is 6.07 Å². The molecule has 7 heteroatoms. The lowest BCUT2D eigenvalue weighted by Gasteiger charge is -2.07. The first-order chi connectivity index (χ1) is 6.97. The van der Waals surface area contributed by atoms with Crippen LogP contribution < -0.4 is 0 Å². The summed E-state index contributed by atoms with van der Waals surface area (Å²) >= 11 is 5.35. The fourth-order valence-corrected chi connectivity index (χ4v) is 1.21. The van der Waals surface area contributed by atoms with Crippen molar-refractivity contribution in [2.24, 2.45) is 0 Å². The molecule has 15 heavy (non-hydrogen) atoms. The third-order valence-corrected chi connectivity index (χ3v) is 1.93. The van der Waals surface area contributed by atoms with Crippen molar-refractivity contribution in [3.05, 3.63) is 23.0 Å². The number of aromatic hydroxyl groups is 1. The molecule has 1 rings (SSSR count). The van der Waals surface area contributed by atoms with Crippen molar-refractivity contribution >= 4 is 17.6 Å². The third kappa shape index (κ3) is 2.33. The van der Waals surface area contributed by atoms with E-state index in [1.807, 2.05) is 0 Å². The van der Waals surface area contributed by atoms with Crippen LogP contribution in [0.25, 0.3) is 0 Å². The zero-order chi connectivity index (χ0) is 11.6. The maximum Gasteiger partial charge on any atom is 0.337 e. The Labute approximate surface area is 88.1 Å². The number of carbonyl (C=O) groups is 1. The molecule has 0 saturated carbocycles. The van der Waals surface area contributed by atoms with E-state index in [1.165, 1.54) is 0 Å². The minimum Gasteiger partial charge on any atom is -0.506 e. The number of hydrogen-bond acceptors (Lipinski definition) is 3. The molecular weight excluding hydrogens is 232 g/mol. The van der Waals surface area contributed by atoms with Crippen molar-refractivity contribution in [2.45, 2.75) is 12.3 Å². The molecular formula is C8H6ClF2NO3. The molecule has 0 aliphatic heterocycles. The lowest BCUT2D eigenvalue weighted by atomic mass is 10.1. The molecule has 1 heterocycles. The minimum absolute atomic E-state index is 0.197. The summed E-state index contributed by atoms with van der Waals surface area (Å²) in [5.41, 5.74) is -1.44. The highest BCUT2D eigenvalue weighted by Gasteiger charge is 2.20. The number of halogens is 3. The normalized spacial score (nSPS) is 10.7. The van der Waals surface area contributed by atoms with Crippen LogP contribution in [0.4, 0.5) is 8.78 Å². The van der Waals surface area contributed by atoms with Crippen molar-refractivity contribution in [2.75, 3.05) is 0 Å². The number of aromatic carboxylic acids is 1. The molecule has 0 aromatic carbocycles. The molecule has 0 saturated heterocycles. The van der Waals surface area contributed by atoms with Gasteiger partial charge in [0.05, 0.1) is 17.1 Å². The fourth-order valence-electron chi connectivity index (χ4n) is 1.00. The van der Waals surface area contributed by atoms with Crippen LogP contribution in [0.2, 0.25) is 0 Å². The van der Waals surface area contributed by atoms with Crippen molar-refractivity contribution in [3.8, 4) is 5.75 Å². The topological polar surface area (TPSA) is 70.4 Å². The van der Waals surface area contributed by atoms with Crippen molar-refractivity contribution in [1.29, 1.82) is 0 Å². The third-order valence-electron chi connectivity index (χ3n) is 1.67. The summed E-state index contributed by atoms with van der Waals surface area (Å²) in [5.74, 6) is -2.55. The number of pyridine rings is 1. The second-order valence-corrected chi connectivity index (χ2v) is 2.89. The lowest BCUT2D eigenvalue weighted by Crippen LogP contribution is -2.06. The standard InChI is InChI=1S/C8H6ClF2NO3/c9-2-4-3(8(14)15)1-5(13)6(12-4)7(10)11/h1,7,13H,2H2,(H,14,15). The van der Waals surface area contributed by atoms with Gasteiger partial charge in [0.25, 0.3) is 6.43 Å². The SMILES string of the molecule is O=C(O)c1cc(O)c(C(F)F)nc1CCl. The van der Waals surface area contributed by atoms with E-state index in [9.17, 15) is 13.6 Å². The summed E-state index contributed by atoms with van der Waals surface area (Å²) < 4.78 is 24.5. The summed E-state index contributed by atoms with van der Waals surface area (Å²) in [7, 11) is 0. The van der Waals surface area contributed by atoms with Crippen molar-refractivity contribution < 1.29 is 23.8 Å². The highest BCUT2D eigenvalue weighted by Crippen LogP contribution is 2.28. The molecule has 1 aromatic heterocycles. The second-order valence-electron chi connectivity index (χ2n) is 2.63. The van der Waals surface area contributed by atoms with E-state index in [1.54, 1.807) is 0 Å². The molecule has 4 nitrogen and oxygen atoms in total. The predicted molar refractivity (Wildman–Crippen MR) is 47.4 cm³/mol. The first kappa shape index (κ1) is 11.6. The van der Waals surface area contributed by atoms with E-state index in [0.717, 1.165) is 0 Å². The molecule has 0 unspecified atom stereocenters. The Hall–Kier alpha value is -1.43. The Balaban J connectivity index is 3.35. The molecule has 82 valence electrons. The van der Waals surface area contributed by atoms with E-state index in [4.69, 9.17) is 21.8 Å². The summed E-state index contributed by atoms with van der Waals surface area (Å²) in [4.78, 5) is 13.9. The van der Waals surface area contributed by atoms with Crippen LogP contribution in [0, 0.1) is 0 Å². The summed E-state index contributed by atoms with van der Waals surface area (Å²) in [5, 5.41) is 17.7. The van der Waals surface area contributed by atoms with Gasteiger partial charge in [-0.1, -0.05) is 0 Å². The van der Waals surface area contributed by atoms with Gasteiger partial charge in [-0.3, -0.25) is 0 Å². The van der Waals surface area contributed by atoms with Crippen LogP contribution >= 0.6 is 11.6 Å². The Bertz CT molecular complexity index is 398. The predicted octanol–water partition coefficient (Wildman–Crippen LogP) is 2.16. The number of aromatic nitrogens is 1. The van der Waals surface area contributed by atoms with Gasteiger partial charge in [0.15, 0.2) is 0 Å². The smallest absolute Gasteiger partial charge is 0.337 e. The minimum atomic E-state index is -2.98. The maximum atomic E-state index is 12.3. The summed E-state index contributed by atoms with van der Waals surface area (Å²) in [6, 6.07) is 0.717. The quantitative estimate of drug-likeness (QED) is 0.791. The van der Waals surface area contributed by atoms with E-state index >= 15 is 0 Å². The van der Waals surface area contributed by atoms with Gasteiger partial charge in [0.1, 0.15) is 11.4 Å². The molecule has 1 aromatic rings. The van der Waals surface area contributed by atoms with Crippen LogP contribution in [0.3, 0.4) is 0 Å². The first-order valence-electron chi connectivity index (χ1n) is 3.77. The number of carboxylic acid groups (broad SMARTS) is 1. The summed E-state index contributed by atoms with van der Waals surface area (Å²) in [6.07, 6.45) is -2.98. The molecule has 0 bridgehead atoms. The lowest BCUT2D eigenvalue weighted by molar-refractivity contribution is 0.0693. The van der Waals surface area contributed by atoms with Crippen molar-refractivity contribution in [3.63, 3.8) is 0 Å². The Morgan fingerprint density at radius 2 is 2.20 bits per heavy atom. The number of carboxylic acids is 1. The maximum absolute atomic E-state index is 12.3. The number of nitrogens with zero attached hydrogens (tertiary/aromatic N) is 1. The molecule has 0 aliphatic carbocycles. The van der Waals surface area contributed by atoms with Gasteiger partial charge in [-0.25, -0.2) is 18.6 Å². The van der Waals surface area contributed by atoms with Gasteiger partial charge in [-0.2, -0.15) is 0 Å². The second kappa shape index (κ2) is 4.39. The van der Waals surface area contributed by atoms with Gasteiger partial charge in [-0.15, -0.1) is 11.6 Å². The van der Waals surface area contributed by atoms with Crippen LogP contribution in [0.1, 0.15) is 28.2 Å². The van der Waals surface area contributed by atoms with Gasteiger partial charge in [0.2, 0.25) is 0 Å². The Morgan fingerprint density at radius 1 is 1.60 bits per heavy atom. The number of alkyl halides is 3. The summed E-state index contributed by atoms with van der Waals surface area (Å²) in [6.45, 7) is 0. The zero-order valence-corrected chi connectivity index (χ0v) is 8.00. The molecule has 0 aliphatic rings. The van der Waals surface area contributed by atoms with Gasteiger partial charge in [0, 0.05) is 0 Å². The van der Waals surface area contributed by atoms with E-state index in [0.29, 0.717) is 6.07 Å². The molecule has 0 spiro atoms. The molecule has 0 radical (unpaired) electrons. The van der Waals surface area contributed by atoms with E-state index in [2.05, 4.69) is 4.98 Å². The Morgan fingerprint density at radius 3 is 2.60 bits per heavy atom. The monoisotopic (exact) mass is 237 g/mol. The molecule has 0 atom stereocenters. The molecule has 0 fully saturated rings. The highest BCUT2D eigenvalue weighted by molar-refractivity contribution is 6.17. The first-order valence-corrected chi connectivity index (χ1v) is 4.31. The zero-order valence-electron chi connectivity index (χ0n) is 7.25. The number of rotatable bonds is 3. The average molecular weight is 238 g/mol. The van der Waals surface area contributed by atoms with Crippen LogP contribution in [0.5, 0.6) is 5.75 Å². The van der Waals surface area contributed by atoms with E-state index < -0.39 is 23.8 Å². The van der Waals surface area contributed by atoms with Crippen LogP contribution in [-0.2, 0) is 5.88 Å². The number of hydrogen-bond donors (Lipinski definition) is 2. The largest absolute Gasteiger partial charge is 0.506 e. The Kier molecular flexibility index (Phi) is 3.41. The van der Waals surface area contributed by atoms with Crippen molar-refractivity contribution in [1.82, 2.24) is 4.98 Å². The molecule has 2 N–H and O–H groups in total. The van der Waals surface area contributed by atoms with Gasteiger partial charge in [-0.05, 0) is 6.07 Å². The molecule has 0 amide bonds. The van der Waals surface area contributed by atoms with Crippen LogP contribution in [-0.4, -0.2) is 21.2 Å². The fraction of sp³-hybridized carbons (Fsp3) is 0.250. The van der Waals surface area contributed by atoms with Gasteiger partial charge < -0.3 is 10.2 Å². The van der Waals surface area contributed by atoms with E-state index in [-0.39, 0.29) is 17.1 Å².